The lowest BCUT2D eigenvalue weighted by Crippen LogP contribution is -2.53. The van der Waals surface area contributed by atoms with E-state index in [0.29, 0.717) is 5.92 Å². The number of hydrogen-bond donors (Lipinski definition) is 2. The minimum Gasteiger partial charge on any atom is -0.389 e. The van der Waals surface area contributed by atoms with Crippen molar-refractivity contribution in [2.75, 3.05) is 6.54 Å². The molecule has 0 spiro atoms. The van der Waals surface area contributed by atoms with Gasteiger partial charge in [0.15, 0.2) is 0 Å². The molecular weight excluding hydrogens is 212 g/mol. The Morgan fingerprint density at radius 2 is 2.29 bits per heavy atom. The molecule has 0 unspecified atom stereocenters. The number of nitrogens with one attached hydrogen (secondary N) is 1. The van der Waals surface area contributed by atoms with Crippen molar-refractivity contribution in [3.05, 3.63) is 30.1 Å². The highest BCUT2D eigenvalue weighted by atomic mass is 16.3. The molecule has 92 valence electrons. The van der Waals surface area contributed by atoms with Crippen molar-refractivity contribution in [2.45, 2.75) is 43.7 Å². The molecule has 1 saturated carbocycles. The van der Waals surface area contributed by atoms with Gasteiger partial charge >= 0.3 is 0 Å². The van der Waals surface area contributed by atoms with Crippen LogP contribution in [0.5, 0.6) is 0 Å². The Hall–Kier alpha value is -0.930. The number of nitrogens with zero attached hydrogens (tertiary/aromatic N) is 1. The van der Waals surface area contributed by atoms with Gasteiger partial charge in [-0.2, -0.15) is 0 Å². The van der Waals surface area contributed by atoms with Gasteiger partial charge in [0.25, 0.3) is 0 Å². The molecule has 1 aromatic rings. The van der Waals surface area contributed by atoms with Crippen LogP contribution in [0.2, 0.25) is 0 Å². The maximum Gasteiger partial charge on any atom is 0.0706 e. The van der Waals surface area contributed by atoms with Crippen LogP contribution in [0, 0.1) is 5.92 Å². The Bertz CT molecular complexity index is 377. The molecule has 1 saturated heterocycles. The van der Waals surface area contributed by atoms with Gasteiger partial charge in [-0.3, -0.25) is 4.98 Å². The molecule has 3 nitrogen and oxygen atoms in total. The Balaban J connectivity index is 1.89. The first-order valence-electron chi connectivity index (χ1n) is 6.65. The standard InChI is InChI=1S/C14H20N2O/c17-14-6-2-1-5-12(14)13(16-9-7-14)11-4-3-8-15-10-11/h3-4,8,10,12-13,16-17H,1-2,5-7,9H2/t12-,13-,14+/m1/s1. The highest BCUT2D eigenvalue weighted by molar-refractivity contribution is 5.18. The highest BCUT2D eigenvalue weighted by Gasteiger charge is 2.45. The minimum atomic E-state index is -0.440. The largest absolute Gasteiger partial charge is 0.389 e. The monoisotopic (exact) mass is 232 g/mol. The molecule has 2 N–H and O–H groups in total. The fourth-order valence-electron chi connectivity index (χ4n) is 3.53. The van der Waals surface area contributed by atoms with Gasteiger partial charge in [0.1, 0.15) is 0 Å². The number of hydrogen-bond acceptors (Lipinski definition) is 3. The number of aromatic nitrogens is 1. The van der Waals surface area contributed by atoms with Crippen molar-refractivity contribution >= 4 is 0 Å². The molecule has 2 aliphatic rings. The second-order valence-corrected chi connectivity index (χ2v) is 5.42. The average molecular weight is 232 g/mol. The molecule has 0 amide bonds. The fourth-order valence-corrected chi connectivity index (χ4v) is 3.53. The van der Waals surface area contributed by atoms with E-state index >= 15 is 0 Å². The molecule has 3 heteroatoms. The quantitative estimate of drug-likeness (QED) is 0.779. The molecule has 17 heavy (non-hydrogen) atoms. The van der Waals surface area contributed by atoms with Gasteiger partial charge in [-0.25, -0.2) is 0 Å². The van der Waals surface area contributed by atoms with Crippen molar-refractivity contribution in [3.63, 3.8) is 0 Å². The van der Waals surface area contributed by atoms with Gasteiger partial charge in [-0.15, -0.1) is 0 Å². The predicted molar refractivity (Wildman–Crippen MR) is 66.5 cm³/mol. The zero-order valence-electron chi connectivity index (χ0n) is 10.1. The summed E-state index contributed by atoms with van der Waals surface area (Å²) in [5.41, 5.74) is 0.779. The summed E-state index contributed by atoms with van der Waals surface area (Å²) in [6.45, 7) is 0.909. The van der Waals surface area contributed by atoms with E-state index < -0.39 is 5.60 Å². The van der Waals surface area contributed by atoms with E-state index in [9.17, 15) is 5.11 Å². The summed E-state index contributed by atoms with van der Waals surface area (Å²) < 4.78 is 0. The van der Waals surface area contributed by atoms with Crippen LogP contribution in [0.4, 0.5) is 0 Å². The summed E-state index contributed by atoms with van der Waals surface area (Å²) in [4.78, 5) is 4.20. The molecule has 1 aliphatic heterocycles. The van der Waals surface area contributed by atoms with E-state index in [0.717, 1.165) is 25.8 Å². The maximum absolute atomic E-state index is 10.8. The molecule has 0 bridgehead atoms. The molecule has 2 fully saturated rings. The third-order valence-electron chi connectivity index (χ3n) is 4.43. The Labute approximate surface area is 102 Å². The summed E-state index contributed by atoms with van der Waals surface area (Å²) in [6.07, 6.45) is 9.14. The molecule has 0 aromatic carbocycles. The van der Waals surface area contributed by atoms with E-state index in [2.05, 4.69) is 16.4 Å². The first-order chi connectivity index (χ1) is 8.30. The topological polar surface area (TPSA) is 45.2 Å². The highest BCUT2D eigenvalue weighted by Crippen LogP contribution is 2.45. The summed E-state index contributed by atoms with van der Waals surface area (Å²) >= 11 is 0. The second-order valence-electron chi connectivity index (χ2n) is 5.42. The number of rotatable bonds is 1. The van der Waals surface area contributed by atoms with Gasteiger partial charge in [0.2, 0.25) is 0 Å². The zero-order chi connectivity index (χ0) is 11.7. The van der Waals surface area contributed by atoms with Crippen LogP contribution in [0.25, 0.3) is 0 Å². The van der Waals surface area contributed by atoms with E-state index in [4.69, 9.17) is 0 Å². The summed E-state index contributed by atoms with van der Waals surface area (Å²) in [6, 6.07) is 4.38. The number of pyridine rings is 1. The molecule has 2 heterocycles. The van der Waals surface area contributed by atoms with Crippen LogP contribution >= 0.6 is 0 Å². The number of piperidine rings is 1. The number of fused-ring (bicyclic) bond motifs is 1. The lowest BCUT2D eigenvalue weighted by atomic mass is 9.67. The molecule has 3 rings (SSSR count). The third kappa shape index (κ3) is 1.98. The molecule has 3 atom stereocenters. The smallest absolute Gasteiger partial charge is 0.0706 e. The van der Waals surface area contributed by atoms with Crippen LogP contribution in [-0.2, 0) is 0 Å². The lowest BCUT2D eigenvalue weighted by molar-refractivity contribution is -0.0861. The number of aliphatic hydroxyl groups is 1. The Morgan fingerprint density at radius 3 is 3.12 bits per heavy atom. The van der Waals surface area contributed by atoms with Gasteiger partial charge in [0.05, 0.1) is 5.60 Å². The second kappa shape index (κ2) is 4.39. The van der Waals surface area contributed by atoms with Crippen LogP contribution in [-0.4, -0.2) is 22.2 Å². The van der Waals surface area contributed by atoms with Crippen molar-refractivity contribution in [3.8, 4) is 0 Å². The van der Waals surface area contributed by atoms with E-state index in [-0.39, 0.29) is 6.04 Å². The average Bonchev–Trinajstić information content (AvgIpc) is 2.38. The van der Waals surface area contributed by atoms with Gasteiger partial charge in [-0.05, 0) is 37.4 Å². The SMILES string of the molecule is O[C@]12CCCC[C@@H]1[C@@H](c1cccnc1)NCC2. The van der Waals surface area contributed by atoms with E-state index in [1.165, 1.54) is 18.4 Å². The molecule has 1 aromatic heterocycles. The van der Waals surface area contributed by atoms with E-state index in [1.807, 2.05) is 12.3 Å². The fraction of sp³-hybridized carbons (Fsp3) is 0.643. The Kier molecular flexibility index (Phi) is 2.89. The van der Waals surface area contributed by atoms with Crippen molar-refractivity contribution in [1.82, 2.24) is 10.3 Å². The predicted octanol–water partition coefficient (Wildman–Crippen LogP) is 2.04. The van der Waals surface area contributed by atoms with E-state index in [1.54, 1.807) is 6.20 Å². The summed E-state index contributed by atoms with van der Waals surface area (Å²) in [5.74, 6) is 0.356. The van der Waals surface area contributed by atoms with Crippen molar-refractivity contribution in [1.29, 1.82) is 0 Å². The molecule has 0 radical (unpaired) electrons. The normalized spacial score (nSPS) is 37.5. The van der Waals surface area contributed by atoms with Crippen LogP contribution in [0.15, 0.2) is 24.5 Å². The third-order valence-corrected chi connectivity index (χ3v) is 4.43. The summed E-state index contributed by atoms with van der Waals surface area (Å²) in [5, 5.41) is 14.3. The van der Waals surface area contributed by atoms with Gasteiger partial charge in [-0.1, -0.05) is 18.9 Å². The first-order valence-corrected chi connectivity index (χ1v) is 6.65. The molecular formula is C14H20N2O. The first kappa shape index (κ1) is 11.2. The Morgan fingerprint density at radius 1 is 1.35 bits per heavy atom. The van der Waals surface area contributed by atoms with Gasteiger partial charge < -0.3 is 10.4 Å². The minimum absolute atomic E-state index is 0.280. The van der Waals surface area contributed by atoms with Crippen molar-refractivity contribution in [2.24, 2.45) is 5.92 Å². The van der Waals surface area contributed by atoms with Crippen LogP contribution in [0.1, 0.15) is 43.7 Å². The summed E-state index contributed by atoms with van der Waals surface area (Å²) in [7, 11) is 0. The zero-order valence-corrected chi connectivity index (χ0v) is 10.1. The van der Waals surface area contributed by atoms with Crippen molar-refractivity contribution < 1.29 is 5.11 Å². The van der Waals surface area contributed by atoms with Crippen LogP contribution in [0.3, 0.4) is 0 Å². The molecule has 1 aliphatic carbocycles. The van der Waals surface area contributed by atoms with Crippen LogP contribution < -0.4 is 5.32 Å². The maximum atomic E-state index is 10.8. The van der Waals surface area contributed by atoms with Gasteiger partial charge in [0, 0.05) is 24.4 Å². The lowest BCUT2D eigenvalue weighted by Gasteiger charge is -2.48.